The molecule has 152 valence electrons. The second-order valence-corrected chi connectivity index (χ2v) is 7.86. The van der Waals surface area contributed by atoms with E-state index in [1.54, 1.807) is 21.6 Å². The van der Waals surface area contributed by atoms with Gasteiger partial charge >= 0.3 is 0 Å². The highest BCUT2D eigenvalue weighted by molar-refractivity contribution is 9.10. The van der Waals surface area contributed by atoms with Crippen LogP contribution in [0.3, 0.4) is 0 Å². The molecule has 0 aliphatic heterocycles. The third kappa shape index (κ3) is 4.18. The number of aromatic nitrogens is 4. The third-order valence-corrected chi connectivity index (χ3v) is 5.48. The van der Waals surface area contributed by atoms with Crippen LogP contribution in [0.4, 0.5) is 0 Å². The molecule has 0 spiro atoms. The summed E-state index contributed by atoms with van der Waals surface area (Å²) in [6, 6.07) is 15.3. The number of carbonyl (C=O) groups excluding carboxylic acids is 1. The molecule has 0 saturated carbocycles. The lowest BCUT2D eigenvalue weighted by molar-refractivity contribution is 0.0951. The van der Waals surface area contributed by atoms with Crippen molar-refractivity contribution in [1.82, 2.24) is 24.6 Å². The van der Waals surface area contributed by atoms with Crippen LogP contribution in [-0.2, 0) is 13.1 Å². The molecule has 1 amide bonds. The van der Waals surface area contributed by atoms with Crippen molar-refractivity contribution in [3.63, 3.8) is 0 Å². The van der Waals surface area contributed by atoms with Crippen molar-refractivity contribution in [1.29, 1.82) is 0 Å². The summed E-state index contributed by atoms with van der Waals surface area (Å²) in [6.07, 6.45) is 3.08. The monoisotopic (exact) mass is 465 g/mol. The van der Waals surface area contributed by atoms with Gasteiger partial charge in [0.25, 0.3) is 11.5 Å². The van der Waals surface area contributed by atoms with E-state index in [0.717, 1.165) is 15.6 Å². The number of nitrogens with one attached hydrogen (secondary N) is 1. The highest BCUT2D eigenvalue weighted by Crippen LogP contribution is 2.15. The van der Waals surface area contributed by atoms with E-state index >= 15 is 0 Å². The quantitative estimate of drug-likeness (QED) is 0.474. The van der Waals surface area contributed by atoms with E-state index in [1.165, 1.54) is 6.20 Å². The molecule has 0 bridgehead atoms. The van der Waals surface area contributed by atoms with Crippen LogP contribution >= 0.6 is 15.9 Å². The molecule has 2 aromatic carbocycles. The first kappa shape index (κ1) is 20.0. The fraction of sp³-hybridized carbons (Fsp3) is 0.182. The molecule has 1 N–H and O–H groups in total. The molecule has 0 fully saturated rings. The average molecular weight is 466 g/mol. The van der Waals surface area contributed by atoms with E-state index in [4.69, 9.17) is 0 Å². The largest absolute Gasteiger partial charge is 0.350 e. The Morgan fingerprint density at radius 1 is 1.17 bits per heavy atom. The summed E-state index contributed by atoms with van der Waals surface area (Å²) in [5.74, 6) is -0.174. The van der Waals surface area contributed by atoms with Gasteiger partial charge in [0.2, 0.25) is 0 Å². The zero-order chi connectivity index (χ0) is 21.1. The molecule has 2 heterocycles. The number of nitrogens with zero attached hydrogens (tertiary/aromatic N) is 4. The SMILES string of the molecule is Cc1cccc(Cn2cnc3c(cnn3CCNC(=O)c3ccccc3Br)c2=O)c1. The zero-order valence-electron chi connectivity index (χ0n) is 16.4. The molecule has 4 aromatic rings. The van der Waals surface area contributed by atoms with Crippen LogP contribution < -0.4 is 10.9 Å². The van der Waals surface area contributed by atoms with Crippen LogP contribution in [0.5, 0.6) is 0 Å². The summed E-state index contributed by atoms with van der Waals surface area (Å²) in [4.78, 5) is 29.6. The number of fused-ring (bicyclic) bond motifs is 1. The van der Waals surface area contributed by atoms with E-state index in [1.807, 2.05) is 49.4 Å². The molecule has 7 nitrogen and oxygen atoms in total. The molecule has 8 heteroatoms. The molecule has 0 unspecified atom stereocenters. The van der Waals surface area contributed by atoms with Gasteiger partial charge in [-0.15, -0.1) is 0 Å². The van der Waals surface area contributed by atoms with E-state index in [9.17, 15) is 9.59 Å². The fourth-order valence-corrected chi connectivity index (χ4v) is 3.76. The summed E-state index contributed by atoms with van der Waals surface area (Å²) in [7, 11) is 0. The Kier molecular flexibility index (Phi) is 5.76. The second kappa shape index (κ2) is 8.62. The summed E-state index contributed by atoms with van der Waals surface area (Å²) >= 11 is 3.38. The van der Waals surface area contributed by atoms with Gasteiger partial charge in [-0.1, -0.05) is 42.0 Å². The van der Waals surface area contributed by atoms with Crippen LogP contribution in [0.2, 0.25) is 0 Å². The fourth-order valence-electron chi connectivity index (χ4n) is 3.30. The van der Waals surface area contributed by atoms with Gasteiger partial charge in [0.1, 0.15) is 11.7 Å². The first-order chi connectivity index (χ1) is 14.5. The predicted octanol–water partition coefficient (Wildman–Crippen LogP) is 3.14. The Labute approximate surface area is 181 Å². The molecular weight excluding hydrogens is 446 g/mol. The van der Waals surface area contributed by atoms with Crippen LogP contribution in [-0.4, -0.2) is 31.8 Å². The molecule has 0 saturated heterocycles. The number of rotatable bonds is 6. The Bertz CT molecular complexity index is 1280. The van der Waals surface area contributed by atoms with Gasteiger partial charge in [0, 0.05) is 11.0 Å². The van der Waals surface area contributed by atoms with Gasteiger partial charge in [-0.25, -0.2) is 9.67 Å². The van der Waals surface area contributed by atoms with Gasteiger partial charge in [0.15, 0.2) is 5.65 Å². The van der Waals surface area contributed by atoms with Crippen LogP contribution in [0.1, 0.15) is 21.5 Å². The Balaban J connectivity index is 1.47. The van der Waals surface area contributed by atoms with Crippen LogP contribution in [0, 0.1) is 6.92 Å². The lowest BCUT2D eigenvalue weighted by Crippen LogP contribution is -2.28. The predicted molar refractivity (Wildman–Crippen MR) is 119 cm³/mol. The Morgan fingerprint density at radius 2 is 2.00 bits per heavy atom. The molecule has 30 heavy (non-hydrogen) atoms. The summed E-state index contributed by atoms with van der Waals surface area (Å²) < 4.78 is 3.95. The molecule has 0 aliphatic rings. The highest BCUT2D eigenvalue weighted by atomic mass is 79.9. The number of amides is 1. The van der Waals surface area contributed by atoms with Crippen molar-refractivity contribution < 1.29 is 4.79 Å². The van der Waals surface area contributed by atoms with Crippen molar-refractivity contribution in [2.24, 2.45) is 0 Å². The first-order valence-electron chi connectivity index (χ1n) is 9.52. The maximum absolute atomic E-state index is 12.8. The smallest absolute Gasteiger partial charge is 0.264 e. The number of carbonyl (C=O) groups is 1. The standard InChI is InChI=1S/C22H20BrN5O2/c1-15-5-4-6-16(11-15)13-27-14-25-20-18(22(27)30)12-26-28(20)10-9-24-21(29)17-7-2-3-8-19(17)23/h2-8,11-12,14H,9-10,13H2,1H3,(H,24,29). The van der Waals surface area contributed by atoms with Crippen LogP contribution in [0.25, 0.3) is 11.0 Å². The Morgan fingerprint density at radius 3 is 2.80 bits per heavy atom. The van der Waals surface area contributed by atoms with Crippen molar-refractivity contribution in [3.8, 4) is 0 Å². The van der Waals surface area contributed by atoms with E-state index in [-0.39, 0.29) is 11.5 Å². The molecule has 0 atom stereocenters. The molecule has 4 rings (SSSR count). The maximum Gasteiger partial charge on any atom is 0.264 e. The van der Waals surface area contributed by atoms with E-state index in [2.05, 4.69) is 31.3 Å². The van der Waals surface area contributed by atoms with E-state index in [0.29, 0.717) is 36.2 Å². The second-order valence-electron chi connectivity index (χ2n) is 7.01. The zero-order valence-corrected chi connectivity index (χ0v) is 18.0. The van der Waals surface area contributed by atoms with Crippen molar-refractivity contribution in [3.05, 3.63) is 92.6 Å². The average Bonchev–Trinajstić information content (AvgIpc) is 3.14. The third-order valence-electron chi connectivity index (χ3n) is 4.79. The lowest BCUT2D eigenvalue weighted by Gasteiger charge is -2.08. The minimum Gasteiger partial charge on any atom is -0.350 e. The van der Waals surface area contributed by atoms with Crippen molar-refractivity contribution in [2.45, 2.75) is 20.0 Å². The minimum absolute atomic E-state index is 0.134. The molecular formula is C22H20BrN5O2. The van der Waals surface area contributed by atoms with Gasteiger partial charge in [-0.3, -0.25) is 14.2 Å². The lowest BCUT2D eigenvalue weighted by atomic mass is 10.1. The van der Waals surface area contributed by atoms with Crippen LogP contribution in [0.15, 0.2) is 70.3 Å². The summed E-state index contributed by atoms with van der Waals surface area (Å²) in [6.45, 7) is 3.25. The maximum atomic E-state index is 12.8. The number of halogens is 1. The molecule has 0 aliphatic carbocycles. The van der Waals surface area contributed by atoms with Crippen molar-refractivity contribution in [2.75, 3.05) is 6.54 Å². The highest BCUT2D eigenvalue weighted by Gasteiger charge is 2.12. The van der Waals surface area contributed by atoms with Gasteiger partial charge in [-0.05, 0) is 40.5 Å². The van der Waals surface area contributed by atoms with Crippen molar-refractivity contribution >= 4 is 32.9 Å². The first-order valence-corrected chi connectivity index (χ1v) is 10.3. The topological polar surface area (TPSA) is 81.8 Å². The number of hydrogen-bond donors (Lipinski definition) is 1. The summed E-state index contributed by atoms with van der Waals surface area (Å²) in [5, 5.41) is 7.61. The Hall–Kier alpha value is -3.26. The molecule has 2 aromatic heterocycles. The molecule has 0 radical (unpaired) electrons. The normalized spacial score (nSPS) is 11.0. The number of hydrogen-bond acceptors (Lipinski definition) is 4. The van der Waals surface area contributed by atoms with Gasteiger partial charge < -0.3 is 5.32 Å². The van der Waals surface area contributed by atoms with Gasteiger partial charge in [-0.2, -0.15) is 5.10 Å². The van der Waals surface area contributed by atoms with E-state index < -0.39 is 0 Å². The minimum atomic E-state index is -0.174. The number of benzene rings is 2. The summed E-state index contributed by atoms with van der Waals surface area (Å²) in [5.41, 5.74) is 3.13. The number of aryl methyl sites for hydroxylation is 1. The van der Waals surface area contributed by atoms with Gasteiger partial charge in [0.05, 0.1) is 24.8 Å².